The summed E-state index contributed by atoms with van der Waals surface area (Å²) in [5, 5.41) is 6.66. The normalized spacial score (nSPS) is 20.5. The third kappa shape index (κ3) is 3.40. The van der Waals surface area contributed by atoms with Gasteiger partial charge in [0.25, 0.3) is 5.91 Å². The van der Waals surface area contributed by atoms with E-state index < -0.39 is 0 Å². The molecule has 2 N–H and O–H groups in total. The monoisotopic (exact) mass is 274 g/mol. The minimum absolute atomic E-state index is 0.0554. The lowest BCUT2D eigenvalue weighted by molar-refractivity contribution is 0.0927. The average Bonchev–Trinajstić information content (AvgIpc) is 2.38. The van der Waals surface area contributed by atoms with E-state index >= 15 is 0 Å². The van der Waals surface area contributed by atoms with E-state index in [1.54, 1.807) is 0 Å². The Morgan fingerprint density at radius 3 is 2.45 bits per heavy atom. The van der Waals surface area contributed by atoms with Gasteiger partial charge in [-0.15, -0.1) is 0 Å². The van der Waals surface area contributed by atoms with Crippen LogP contribution in [0.25, 0.3) is 0 Å². The lowest BCUT2D eigenvalue weighted by Gasteiger charge is -2.30. The third-order valence-electron chi connectivity index (χ3n) is 4.21. The van der Waals surface area contributed by atoms with Crippen molar-refractivity contribution in [3.63, 3.8) is 0 Å². The van der Waals surface area contributed by atoms with Crippen molar-refractivity contribution in [2.45, 2.75) is 59.0 Å². The Bertz CT molecular complexity index is 467. The number of nitrogens with one attached hydrogen (secondary N) is 2. The molecule has 2 atom stereocenters. The van der Waals surface area contributed by atoms with Gasteiger partial charge in [0, 0.05) is 17.6 Å². The lowest BCUT2D eigenvalue weighted by Crippen LogP contribution is -2.50. The van der Waals surface area contributed by atoms with Crippen LogP contribution in [0.5, 0.6) is 0 Å². The summed E-state index contributed by atoms with van der Waals surface area (Å²) in [6.07, 6.45) is 3.64. The van der Waals surface area contributed by atoms with Crippen LogP contribution in [-0.4, -0.2) is 24.5 Å². The molecule has 1 aliphatic rings. The number of amides is 1. The maximum absolute atomic E-state index is 12.5. The molecule has 2 unspecified atom stereocenters. The van der Waals surface area contributed by atoms with Gasteiger partial charge in [-0.1, -0.05) is 24.1 Å². The highest BCUT2D eigenvalue weighted by Crippen LogP contribution is 2.17. The molecule has 0 aromatic heterocycles. The number of carbonyl (C=O) groups is 1. The minimum atomic E-state index is 0.0554. The highest BCUT2D eigenvalue weighted by molar-refractivity contribution is 5.97. The lowest BCUT2D eigenvalue weighted by atomic mass is 9.96. The van der Waals surface area contributed by atoms with Crippen LogP contribution in [0, 0.1) is 20.8 Å². The van der Waals surface area contributed by atoms with E-state index in [0.717, 1.165) is 29.7 Å². The molecule has 0 radical (unpaired) electrons. The molecule has 20 heavy (non-hydrogen) atoms. The van der Waals surface area contributed by atoms with Crippen molar-refractivity contribution >= 4 is 5.91 Å². The third-order valence-corrected chi connectivity index (χ3v) is 4.21. The molecule has 1 heterocycles. The number of aryl methyl sites for hydroxylation is 3. The molecule has 110 valence electrons. The zero-order chi connectivity index (χ0) is 14.7. The van der Waals surface area contributed by atoms with Gasteiger partial charge in [0.15, 0.2) is 0 Å². The van der Waals surface area contributed by atoms with E-state index in [2.05, 4.69) is 36.6 Å². The van der Waals surface area contributed by atoms with Crippen molar-refractivity contribution in [3.8, 4) is 0 Å². The molecule has 1 fully saturated rings. The minimum Gasteiger partial charge on any atom is -0.348 e. The van der Waals surface area contributed by atoms with E-state index in [4.69, 9.17) is 0 Å². The van der Waals surface area contributed by atoms with Gasteiger partial charge in [-0.3, -0.25) is 4.79 Å². The first-order chi connectivity index (χ1) is 9.49. The first-order valence-electron chi connectivity index (χ1n) is 7.61. The highest BCUT2D eigenvalue weighted by atomic mass is 16.1. The number of carbonyl (C=O) groups excluding carboxylic acids is 1. The molecule has 0 aliphatic carbocycles. The second-order valence-electron chi connectivity index (χ2n) is 6.09. The van der Waals surface area contributed by atoms with Crippen molar-refractivity contribution in [1.82, 2.24) is 10.6 Å². The Morgan fingerprint density at radius 1 is 1.25 bits per heavy atom. The van der Waals surface area contributed by atoms with Gasteiger partial charge in [0.05, 0.1) is 0 Å². The molecule has 1 aliphatic heterocycles. The van der Waals surface area contributed by atoms with Crippen molar-refractivity contribution in [2.75, 3.05) is 6.54 Å². The zero-order valence-corrected chi connectivity index (χ0v) is 13.0. The number of piperidine rings is 1. The van der Waals surface area contributed by atoms with E-state index in [0.29, 0.717) is 6.04 Å². The van der Waals surface area contributed by atoms with Gasteiger partial charge in [0.2, 0.25) is 0 Å². The smallest absolute Gasteiger partial charge is 0.252 e. The largest absolute Gasteiger partial charge is 0.348 e. The second kappa shape index (κ2) is 6.40. The van der Waals surface area contributed by atoms with Gasteiger partial charge in [-0.25, -0.2) is 0 Å². The van der Waals surface area contributed by atoms with E-state index in [-0.39, 0.29) is 11.9 Å². The maximum atomic E-state index is 12.5. The van der Waals surface area contributed by atoms with Gasteiger partial charge in [-0.2, -0.15) is 0 Å². The fraction of sp³-hybridized carbons (Fsp3) is 0.588. The zero-order valence-electron chi connectivity index (χ0n) is 13.0. The Labute approximate surface area is 122 Å². The number of hydrogen-bond acceptors (Lipinski definition) is 2. The van der Waals surface area contributed by atoms with Crippen LogP contribution in [0.2, 0.25) is 0 Å². The summed E-state index contributed by atoms with van der Waals surface area (Å²) in [4.78, 5) is 12.5. The quantitative estimate of drug-likeness (QED) is 0.890. The van der Waals surface area contributed by atoms with Gasteiger partial charge in [-0.05, 0) is 58.2 Å². The van der Waals surface area contributed by atoms with Crippen LogP contribution < -0.4 is 10.6 Å². The molecule has 1 aromatic carbocycles. The molecule has 3 heteroatoms. The van der Waals surface area contributed by atoms with Crippen molar-refractivity contribution in [1.29, 1.82) is 0 Å². The van der Waals surface area contributed by atoms with Crippen LogP contribution in [0.1, 0.15) is 53.2 Å². The van der Waals surface area contributed by atoms with Gasteiger partial charge >= 0.3 is 0 Å². The summed E-state index contributed by atoms with van der Waals surface area (Å²) in [6, 6.07) is 4.72. The summed E-state index contributed by atoms with van der Waals surface area (Å²) in [5.74, 6) is 0.0554. The van der Waals surface area contributed by atoms with Crippen LogP contribution in [-0.2, 0) is 0 Å². The number of hydrogen-bond donors (Lipinski definition) is 2. The summed E-state index contributed by atoms with van der Waals surface area (Å²) < 4.78 is 0. The molecule has 1 saturated heterocycles. The van der Waals surface area contributed by atoms with Crippen molar-refractivity contribution in [2.24, 2.45) is 0 Å². The van der Waals surface area contributed by atoms with Crippen LogP contribution >= 0.6 is 0 Å². The molecule has 1 amide bonds. The molecule has 0 bridgehead atoms. The molecule has 1 aromatic rings. The fourth-order valence-electron chi connectivity index (χ4n) is 3.22. The SMILES string of the molecule is Cc1cc(C)c(C(=O)NC(C)C2CCCCN2)c(C)c1. The average molecular weight is 274 g/mol. The summed E-state index contributed by atoms with van der Waals surface area (Å²) in [5.41, 5.74) is 4.16. The molecular formula is C17H26N2O. The molecular weight excluding hydrogens is 248 g/mol. The van der Waals surface area contributed by atoms with E-state index in [9.17, 15) is 4.79 Å². The molecule has 0 spiro atoms. The molecule has 2 rings (SSSR count). The second-order valence-corrected chi connectivity index (χ2v) is 6.09. The summed E-state index contributed by atoms with van der Waals surface area (Å²) in [6.45, 7) is 9.25. The fourth-order valence-corrected chi connectivity index (χ4v) is 3.22. The summed E-state index contributed by atoms with van der Waals surface area (Å²) in [7, 11) is 0. The van der Waals surface area contributed by atoms with Crippen molar-refractivity contribution in [3.05, 3.63) is 34.4 Å². The number of benzene rings is 1. The van der Waals surface area contributed by atoms with Crippen LogP contribution in [0.4, 0.5) is 0 Å². The van der Waals surface area contributed by atoms with Crippen LogP contribution in [0.15, 0.2) is 12.1 Å². The number of rotatable bonds is 3. The molecule has 3 nitrogen and oxygen atoms in total. The first-order valence-corrected chi connectivity index (χ1v) is 7.61. The van der Waals surface area contributed by atoms with E-state index in [1.807, 2.05) is 13.8 Å². The van der Waals surface area contributed by atoms with Crippen molar-refractivity contribution < 1.29 is 4.79 Å². The Balaban J connectivity index is 2.08. The predicted octanol–water partition coefficient (Wildman–Crippen LogP) is 2.87. The topological polar surface area (TPSA) is 41.1 Å². The first kappa shape index (κ1) is 15.0. The Morgan fingerprint density at radius 2 is 1.90 bits per heavy atom. The van der Waals surface area contributed by atoms with Gasteiger partial charge < -0.3 is 10.6 Å². The van der Waals surface area contributed by atoms with Crippen LogP contribution in [0.3, 0.4) is 0 Å². The van der Waals surface area contributed by atoms with E-state index in [1.165, 1.54) is 18.4 Å². The van der Waals surface area contributed by atoms with Gasteiger partial charge in [0.1, 0.15) is 0 Å². The summed E-state index contributed by atoms with van der Waals surface area (Å²) >= 11 is 0. The maximum Gasteiger partial charge on any atom is 0.252 e. The Kier molecular flexibility index (Phi) is 4.81. The Hall–Kier alpha value is -1.35. The highest BCUT2D eigenvalue weighted by Gasteiger charge is 2.22. The predicted molar refractivity (Wildman–Crippen MR) is 83.2 cm³/mol. The standard InChI is InChI=1S/C17H26N2O/c1-11-9-12(2)16(13(3)10-11)17(20)19-14(4)15-7-5-6-8-18-15/h9-10,14-15,18H,5-8H2,1-4H3,(H,19,20). The molecule has 0 saturated carbocycles.